The topological polar surface area (TPSA) is 17.1 Å². The quantitative estimate of drug-likeness (QED) is 0.722. The van der Waals surface area contributed by atoms with Gasteiger partial charge in [0, 0.05) is 10.4 Å². The van der Waals surface area contributed by atoms with E-state index < -0.39 is 0 Å². The molecule has 4 unspecified atom stereocenters. The Kier molecular flexibility index (Phi) is 2.32. The molecule has 4 rings (SSSR count). The van der Waals surface area contributed by atoms with Crippen molar-refractivity contribution in [3.8, 4) is 0 Å². The molecule has 1 aromatic heterocycles. The molecule has 17 heavy (non-hydrogen) atoms. The molecule has 0 amide bonds. The van der Waals surface area contributed by atoms with Gasteiger partial charge in [-0.2, -0.15) is 0 Å². The third-order valence-electron chi connectivity index (χ3n) is 4.93. The second kappa shape index (κ2) is 3.58. The van der Waals surface area contributed by atoms with Gasteiger partial charge in [0.25, 0.3) is 0 Å². The van der Waals surface area contributed by atoms with Gasteiger partial charge in [0.2, 0.25) is 0 Å². The minimum absolute atomic E-state index is 0.336. The highest BCUT2D eigenvalue weighted by atomic mass is 79.9. The third-order valence-corrected chi connectivity index (χ3v) is 7.42. The molecule has 1 nitrogen and oxygen atoms in total. The molecule has 3 aliphatic rings. The van der Waals surface area contributed by atoms with Crippen LogP contribution < -0.4 is 0 Å². The lowest BCUT2D eigenvalue weighted by molar-refractivity contribution is 0.0948. The Hall–Kier alpha value is 0.140. The van der Waals surface area contributed by atoms with Gasteiger partial charge in [-0.15, -0.1) is 11.3 Å². The van der Waals surface area contributed by atoms with Crippen LogP contribution in [-0.4, -0.2) is 5.78 Å². The Morgan fingerprint density at radius 2 is 2.00 bits per heavy atom. The zero-order chi connectivity index (χ0) is 11.7. The second-order valence-electron chi connectivity index (χ2n) is 5.61. The van der Waals surface area contributed by atoms with Gasteiger partial charge >= 0.3 is 0 Å². The van der Waals surface area contributed by atoms with Crippen molar-refractivity contribution in [2.75, 3.05) is 0 Å². The highest BCUT2D eigenvalue weighted by Gasteiger charge is 2.67. The van der Waals surface area contributed by atoms with Crippen LogP contribution in [0.4, 0.5) is 0 Å². The maximum Gasteiger partial charge on any atom is 0.176 e. The van der Waals surface area contributed by atoms with Gasteiger partial charge in [0.05, 0.1) is 4.88 Å². The summed E-state index contributed by atoms with van der Waals surface area (Å²) in [5.74, 6) is 3.86. The first kappa shape index (κ1) is 11.0. The summed E-state index contributed by atoms with van der Waals surface area (Å²) in [6, 6.07) is 1.89. The van der Waals surface area contributed by atoms with Crippen molar-refractivity contribution in [2.24, 2.45) is 29.6 Å². The second-order valence-corrected chi connectivity index (χ2v) is 8.12. The molecule has 3 saturated carbocycles. The molecule has 0 aliphatic heterocycles. The van der Waals surface area contributed by atoms with E-state index in [4.69, 9.17) is 11.6 Å². The predicted molar refractivity (Wildman–Crippen MR) is 72.7 cm³/mol. The van der Waals surface area contributed by atoms with Gasteiger partial charge in [-0.05, 0) is 64.9 Å². The summed E-state index contributed by atoms with van der Waals surface area (Å²) in [6.45, 7) is 0. The van der Waals surface area contributed by atoms with Crippen molar-refractivity contribution in [2.45, 2.75) is 19.3 Å². The molecule has 3 fully saturated rings. The molecule has 4 atom stereocenters. The molecule has 0 spiro atoms. The largest absolute Gasteiger partial charge is 0.293 e. The molecule has 1 heterocycles. The van der Waals surface area contributed by atoms with Gasteiger partial charge in [0.15, 0.2) is 5.78 Å². The highest BCUT2D eigenvalue weighted by molar-refractivity contribution is 9.10. The molecule has 0 saturated heterocycles. The molecule has 0 radical (unpaired) electrons. The number of ketones is 1. The van der Waals surface area contributed by atoms with Gasteiger partial charge in [-0.1, -0.05) is 11.6 Å². The summed E-state index contributed by atoms with van der Waals surface area (Å²) in [7, 11) is 0. The molecule has 4 heteroatoms. The molecule has 90 valence electrons. The van der Waals surface area contributed by atoms with E-state index in [1.54, 1.807) is 0 Å². The van der Waals surface area contributed by atoms with Crippen molar-refractivity contribution >= 4 is 44.7 Å². The third kappa shape index (κ3) is 1.45. The lowest BCUT2D eigenvalue weighted by atomic mass is 9.99. The molecule has 0 N–H and O–H groups in total. The Bertz CT molecular complexity index is 476. The van der Waals surface area contributed by atoms with E-state index >= 15 is 0 Å². The molecule has 1 aromatic rings. The van der Waals surface area contributed by atoms with Crippen LogP contribution in [0.1, 0.15) is 28.9 Å². The fourth-order valence-corrected chi connectivity index (χ4v) is 6.00. The SMILES string of the molecule is O=C(c1cc(Br)c(Cl)s1)C1C2C3CCC(C3)C12. The highest BCUT2D eigenvalue weighted by Crippen LogP contribution is 2.70. The summed E-state index contributed by atoms with van der Waals surface area (Å²) in [4.78, 5) is 13.3. The van der Waals surface area contributed by atoms with Gasteiger partial charge in [-0.25, -0.2) is 0 Å². The van der Waals surface area contributed by atoms with Crippen LogP contribution in [0.3, 0.4) is 0 Å². The van der Waals surface area contributed by atoms with E-state index in [1.807, 2.05) is 6.07 Å². The number of hydrogen-bond donors (Lipinski definition) is 0. The summed E-state index contributed by atoms with van der Waals surface area (Å²) >= 11 is 10.8. The maximum atomic E-state index is 12.4. The van der Waals surface area contributed by atoms with E-state index in [1.165, 1.54) is 30.6 Å². The van der Waals surface area contributed by atoms with Crippen molar-refractivity contribution in [3.05, 3.63) is 19.8 Å². The maximum absolute atomic E-state index is 12.4. The van der Waals surface area contributed by atoms with Gasteiger partial charge < -0.3 is 0 Å². The molecule has 2 bridgehead atoms. The summed E-state index contributed by atoms with van der Waals surface area (Å²) in [5.41, 5.74) is 0. The number of halogens is 2. The minimum atomic E-state index is 0.336. The fourth-order valence-electron chi connectivity index (χ4n) is 4.31. The van der Waals surface area contributed by atoms with E-state index in [9.17, 15) is 4.79 Å². The Balaban J connectivity index is 1.60. The normalized spacial score (nSPS) is 41.6. The number of hydrogen-bond acceptors (Lipinski definition) is 2. The standard InChI is InChI=1S/C13H12BrClOS/c14-7-4-8(17-13(7)15)12(16)11-9-5-1-2-6(3-5)10(9)11/h4-6,9-11H,1-3H2. The van der Waals surface area contributed by atoms with Crippen LogP contribution in [0.5, 0.6) is 0 Å². The molecular weight excluding hydrogens is 320 g/mol. The van der Waals surface area contributed by atoms with E-state index in [0.717, 1.165) is 33.0 Å². The number of carbonyl (C=O) groups excluding carboxylic acids is 1. The Labute approximate surface area is 118 Å². The van der Waals surface area contributed by atoms with Crippen LogP contribution >= 0.6 is 38.9 Å². The monoisotopic (exact) mass is 330 g/mol. The average molecular weight is 332 g/mol. The zero-order valence-corrected chi connectivity index (χ0v) is 12.3. The lowest BCUT2D eigenvalue weighted by Crippen LogP contribution is -2.08. The van der Waals surface area contributed by atoms with Gasteiger partial charge in [0.1, 0.15) is 4.34 Å². The number of carbonyl (C=O) groups is 1. The van der Waals surface area contributed by atoms with Crippen molar-refractivity contribution < 1.29 is 4.79 Å². The van der Waals surface area contributed by atoms with E-state index in [-0.39, 0.29) is 0 Å². The van der Waals surface area contributed by atoms with E-state index in [2.05, 4.69) is 15.9 Å². The van der Waals surface area contributed by atoms with Crippen LogP contribution in [0.25, 0.3) is 0 Å². The van der Waals surface area contributed by atoms with Crippen molar-refractivity contribution in [1.82, 2.24) is 0 Å². The lowest BCUT2D eigenvalue weighted by Gasteiger charge is -2.06. The zero-order valence-electron chi connectivity index (χ0n) is 9.16. The van der Waals surface area contributed by atoms with Crippen molar-refractivity contribution in [1.29, 1.82) is 0 Å². The van der Waals surface area contributed by atoms with Crippen LogP contribution in [0, 0.1) is 29.6 Å². The van der Waals surface area contributed by atoms with Crippen molar-refractivity contribution in [3.63, 3.8) is 0 Å². The Morgan fingerprint density at radius 3 is 2.53 bits per heavy atom. The average Bonchev–Trinajstić information content (AvgIpc) is 2.60. The smallest absolute Gasteiger partial charge is 0.176 e. The predicted octanol–water partition coefficient (Wildman–Crippen LogP) is 4.64. The molecule has 3 aliphatic carbocycles. The van der Waals surface area contributed by atoms with Gasteiger partial charge in [-0.3, -0.25) is 4.79 Å². The molecular formula is C13H12BrClOS. The van der Waals surface area contributed by atoms with Crippen LogP contribution in [0.2, 0.25) is 4.34 Å². The summed E-state index contributed by atoms with van der Waals surface area (Å²) in [6.07, 6.45) is 4.13. The number of rotatable bonds is 2. The first-order valence-corrected chi connectivity index (χ1v) is 8.14. The number of thiophene rings is 1. The fraction of sp³-hybridized carbons (Fsp3) is 0.615. The number of fused-ring (bicyclic) bond motifs is 5. The van der Waals surface area contributed by atoms with E-state index in [0.29, 0.717) is 16.0 Å². The summed E-state index contributed by atoms with van der Waals surface area (Å²) in [5, 5.41) is 0. The van der Waals surface area contributed by atoms with Crippen LogP contribution in [0.15, 0.2) is 10.5 Å². The van der Waals surface area contributed by atoms with Crippen LogP contribution in [-0.2, 0) is 0 Å². The first-order chi connectivity index (χ1) is 8.16. The first-order valence-electron chi connectivity index (χ1n) is 6.16. The minimum Gasteiger partial charge on any atom is -0.293 e. The Morgan fingerprint density at radius 1 is 1.35 bits per heavy atom. The molecule has 0 aromatic carbocycles. The number of Topliss-reactive ketones (excluding diaryl/α,β-unsaturated/α-hetero) is 1. The summed E-state index contributed by atoms with van der Waals surface area (Å²) < 4.78 is 1.56.